The average Bonchev–Trinajstić information content (AvgIpc) is 2.73. The summed E-state index contributed by atoms with van der Waals surface area (Å²) < 4.78 is 0. The Morgan fingerprint density at radius 3 is 2.48 bits per heavy atom. The Morgan fingerprint density at radius 2 is 1.85 bits per heavy atom. The van der Waals surface area contributed by atoms with Gasteiger partial charge in [0, 0.05) is 24.2 Å². The molecule has 0 spiro atoms. The number of anilines is 1. The fraction of sp³-hybridized carbons (Fsp3) is 0.300. The first-order valence-electron chi connectivity index (χ1n) is 8.84. The van der Waals surface area contributed by atoms with Gasteiger partial charge in [0.15, 0.2) is 0 Å². The zero-order valence-corrected chi connectivity index (χ0v) is 15.4. The van der Waals surface area contributed by atoms with Crippen molar-refractivity contribution in [1.82, 2.24) is 10.4 Å². The van der Waals surface area contributed by atoms with Gasteiger partial charge in [-0.05, 0) is 60.5 Å². The maximum Gasteiger partial charge on any atom is 0.282 e. The van der Waals surface area contributed by atoms with Crippen LogP contribution in [-0.4, -0.2) is 42.1 Å². The van der Waals surface area contributed by atoms with Crippen LogP contribution in [0.2, 0.25) is 0 Å². The van der Waals surface area contributed by atoms with Crippen LogP contribution in [-0.2, 0) is 17.8 Å². The minimum atomic E-state index is -0.631. The molecule has 0 saturated heterocycles. The molecule has 0 atom stereocenters. The van der Waals surface area contributed by atoms with E-state index in [0.717, 1.165) is 26.1 Å². The Bertz CT molecular complexity index is 836. The lowest BCUT2D eigenvalue weighted by molar-refractivity contribution is 0.0705. The van der Waals surface area contributed by atoms with Crippen LogP contribution in [0.15, 0.2) is 42.5 Å². The van der Waals surface area contributed by atoms with Crippen molar-refractivity contribution in [3.05, 3.63) is 64.7 Å². The molecule has 7 nitrogen and oxygen atoms in total. The molecule has 2 amide bonds. The quantitative estimate of drug-likeness (QED) is 0.625. The van der Waals surface area contributed by atoms with E-state index in [1.807, 2.05) is 18.2 Å². The van der Waals surface area contributed by atoms with Crippen molar-refractivity contribution in [2.24, 2.45) is 0 Å². The normalized spacial score (nSPS) is 13.7. The van der Waals surface area contributed by atoms with Crippen molar-refractivity contribution >= 4 is 17.5 Å². The Balaban J connectivity index is 1.82. The third kappa shape index (κ3) is 4.00. The van der Waals surface area contributed by atoms with E-state index >= 15 is 0 Å². The van der Waals surface area contributed by atoms with E-state index in [2.05, 4.69) is 11.8 Å². The number of hydrogen-bond acceptors (Lipinski definition) is 5. The van der Waals surface area contributed by atoms with Crippen molar-refractivity contribution < 1.29 is 19.6 Å². The van der Waals surface area contributed by atoms with Gasteiger partial charge >= 0.3 is 0 Å². The van der Waals surface area contributed by atoms with Gasteiger partial charge in [-0.15, -0.1) is 0 Å². The Labute approximate surface area is 158 Å². The van der Waals surface area contributed by atoms with Gasteiger partial charge in [0.1, 0.15) is 0 Å². The zero-order chi connectivity index (χ0) is 19.4. The Morgan fingerprint density at radius 1 is 1.15 bits per heavy atom. The van der Waals surface area contributed by atoms with Crippen molar-refractivity contribution in [2.75, 3.05) is 25.3 Å². The van der Waals surface area contributed by atoms with Crippen LogP contribution in [0.1, 0.15) is 38.8 Å². The van der Waals surface area contributed by atoms with E-state index in [9.17, 15) is 9.59 Å². The van der Waals surface area contributed by atoms with Gasteiger partial charge in [-0.1, -0.05) is 13.0 Å². The molecular weight excluding hydrogens is 346 g/mol. The predicted octanol–water partition coefficient (Wildman–Crippen LogP) is 2.39. The van der Waals surface area contributed by atoms with Crippen molar-refractivity contribution in [3.8, 4) is 0 Å². The minimum absolute atomic E-state index is 0.257. The number of carbonyl (C=O) groups is 2. The summed E-state index contributed by atoms with van der Waals surface area (Å²) in [5, 5.41) is 9.92. The van der Waals surface area contributed by atoms with Crippen LogP contribution >= 0.6 is 0 Å². The van der Waals surface area contributed by atoms with Crippen LogP contribution in [0.3, 0.4) is 0 Å². The summed E-state index contributed by atoms with van der Waals surface area (Å²) in [6, 6.07) is 11.9. The predicted molar refractivity (Wildman–Crippen MR) is 101 cm³/mol. The molecule has 1 heterocycles. The van der Waals surface area contributed by atoms with Gasteiger partial charge in [-0.3, -0.25) is 24.5 Å². The molecule has 2 N–H and O–H groups in total. The number of fused-ring (bicyclic) bond motifs is 1. The lowest BCUT2D eigenvalue weighted by Gasteiger charge is -2.29. The van der Waals surface area contributed by atoms with Gasteiger partial charge in [0.2, 0.25) is 0 Å². The number of amides is 2. The molecule has 2 aromatic rings. The summed E-state index contributed by atoms with van der Waals surface area (Å²) >= 11 is 0. The highest BCUT2D eigenvalue weighted by atomic mass is 16.7. The fourth-order valence-electron chi connectivity index (χ4n) is 3.25. The summed E-state index contributed by atoms with van der Waals surface area (Å²) in [6.45, 7) is 5.10. The number of hydroxylamine groups is 2. The smallest absolute Gasteiger partial charge is 0.282 e. The Kier molecular flexibility index (Phi) is 5.85. The second kappa shape index (κ2) is 8.30. The number of rotatable bonds is 5. The molecule has 0 radical (unpaired) electrons. The molecule has 0 saturated carbocycles. The maximum atomic E-state index is 12.8. The van der Waals surface area contributed by atoms with E-state index in [1.165, 1.54) is 47.6 Å². The van der Waals surface area contributed by atoms with Crippen molar-refractivity contribution in [1.29, 1.82) is 0 Å². The van der Waals surface area contributed by atoms with Gasteiger partial charge in [0.05, 0.1) is 12.8 Å². The minimum Gasteiger partial charge on any atom is -0.299 e. The molecule has 0 aliphatic carbocycles. The van der Waals surface area contributed by atoms with E-state index in [4.69, 9.17) is 10.0 Å². The third-order valence-electron chi connectivity index (χ3n) is 4.83. The monoisotopic (exact) mass is 369 g/mol. The fourth-order valence-corrected chi connectivity index (χ4v) is 3.25. The van der Waals surface area contributed by atoms with Crippen LogP contribution in [0.4, 0.5) is 5.69 Å². The first-order chi connectivity index (χ1) is 13.1. The van der Waals surface area contributed by atoms with Crippen LogP contribution in [0, 0.1) is 0 Å². The summed E-state index contributed by atoms with van der Waals surface area (Å²) in [7, 11) is 1.45. The molecule has 142 valence electrons. The highest BCUT2D eigenvalue weighted by molar-refractivity contribution is 6.05. The molecule has 0 aromatic heterocycles. The van der Waals surface area contributed by atoms with Crippen LogP contribution in [0.5, 0.6) is 0 Å². The number of benzene rings is 2. The topological polar surface area (TPSA) is 82.1 Å². The molecule has 1 aliphatic heterocycles. The van der Waals surface area contributed by atoms with Crippen molar-refractivity contribution in [3.63, 3.8) is 0 Å². The van der Waals surface area contributed by atoms with E-state index in [1.54, 1.807) is 5.48 Å². The largest absolute Gasteiger partial charge is 0.299 e. The summed E-state index contributed by atoms with van der Waals surface area (Å²) in [6.07, 6.45) is 0.938. The van der Waals surface area contributed by atoms with E-state index in [0.29, 0.717) is 11.3 Å². The lowest BCUT2D eigenvalue weighted by Crippen LogP contribution is -2.32. The van der Waals surface area contributed by atoms with Gasteiger partial charge < -0.3 is 0 Å². The highest BCUT2D eigenvalue weighted by Crippen LogP contribution is 2.26. The number of likely N-dealkylation sites (N-methyl/N-ethyl adjacent to an activating group) is 1. The molecule has 27 heavy (non-hydrogen) atoms. The number of carbonyl (C=O) groups excluding carboxylic acids is 2. The molecule has 7 heteroatoms. The molecule has 2 aromatic carbocycles. The van der Waals surface area contributed by atoms with E-state index < -0.39 is 5.91 Å². The number of nitrogens with one attached hydrogen (secondary N) is 1. The highest BCUT2D eigenvalue weighted by Gasteiger charge is 2.21. The molecule has 0 bridgehead atoms. The van der Waals surface area contributed by atoms with Crippen molar-refractivity contribution in [2.45, 2.75) is 19.9 Å². The van der Waals surface area contributed by atoms with Gasteiger partial charge in [-0.25, -0.2) is 5.48 Å². The molecule has 0 fully saturated rings. The lowest BCUT2D eigenvalue weighted by atomic mass is 9.99. The first kappa shape index (κ1) is 19.0. The summed E-state index contributed by atoms with van der Waals surface area (Å²) in [5.74, 6) is -0.965. The zero-order valence-electron chi connectivity index (χ0n) is 15.4. The summed E-state index contributed by atoms with van der Waals surface area (Å²) in [4.78, 5) is 32.0. The summed E-state index contributed by atoms with van der Waals surface area (Å²) in [5.41, 5.74) is 5.36. The van der Waals surface area contributed by atoms with Gasteiger partial charge in [0.25, 0.3) is 11.8 Å². The standard InChI is InChI=1S/C20H23N3O4/c1-3-22-11-10-16-12-18(9-8-17(16)13-22)23(27-2)20(25)15-6-4-14(5-7-15)19(24)21-26/h4-9,12,26H,3,10-11,13H2,1-2H3,(H,21,24). The third-order valence-corrected chi connectivity index (χ3v) is 4.83. The average molecular weight is 369 g/mol. The molecule has 1 aliphatic rings. The van der Waals surface area contributed by atoms with Gasteiger partial charge in [-0.2, -0.15) is 5.06 Å². The second-order valence-electron chi connectivity index (χ2n) is 6.37. The van der Waals surface area contributed by atoms with Crippen LogP contribution < -0.4 is 10.5 Å². The second-order valence-corrected chi connectivity index (χ2v) is 6.37. The number of hydrogen-bond donors (Lipinski definition) is 2. The SMILES string of the molecule is CCN1CCc2cc(N(OC)C(=O)c3ccc(C(=O)NO)cc3)ccc2C1. The molecule has 3 rings (SSSR count). The molecule has 0 unspecified atom stereocenters. The first-order valence-corrected chi connectivity index (χ1v) is 8.84. The maximum absolute atomic E-state index is 12.8. The molecular formula is C20H23N3O4. The number of nitrogens with zero attached hydrogens (tertiary/aromatic N) is 2. The van der Waals surface area contributed by atoms with Crippen LogP contribution in [0.25, 0.3) is 0 Å². The Hall–Kier alpha value is -2.74. The van der Waals surface area contributed by atoms with E-state index in [-0.39, 0.29) is 11.5 Å².